The van der Waals surface area contributed by atoms with Crippen LogP contribution in [0.1, 0.15) is 22.8 Å². The summed E-state index contributed by atoms with van der Waals surface area (Å²) in [6.07, 6.45) is 0. The Hall–Kier alpha value is -2.82. The first kappa shape index (κ1) is 16.5. The summed E-state index contributed by atoms with van der Waals surface area (Å²) in [4.78, 5) is 23.5. The Morgan fingerprint density at radius 1 is 0.913 bits per heavy atom. The number of rotatable bonds is 6. The van der Waals surface area contributed by atoms with Crippen molar-refractivity contribution in [2.24, 2.45) is 0 Å². The molecule has 2 amide bonds. The maximum Gasteiger partial charge on any atom is 0.251 e. The molecule has 0 aromatic heterocycles. The van der Waals surface area contributed by atoms with Crippen molar-refractivity contribution in [3.63, 3.8) is 0 Å². The molecular formula is C18H21N3O2. The Balaban J connectivity index is 1.84. The second kappa shape index (κ2) is 7.98. The van der Waals surface area contributed by atoms with Crippen LogP contribution in [0.2, 0.25) is 0 Å². The van der Waals surface area contributed by atoms with Gasteiger partial charge in [0.25, 0.3) is 5.91 Å². The van der Waals surface area contributed by atoms with Gasteiger partial charge in [0.1, 0.15) is 0 Å². The summed E-state index contributed by atoms with van der Waals surface area (Å²) >= 11 is 0. The first-order valence-electron chi connectivity index (χ1n) is 7.57. The van der Waals surface area contributed by atoms with Crippen LogP contribution in [0.5, 0.6) is 0 Å². The van der Waals surface area contributed by atoms with E-state index in [9.17, 15) is 9.59 Å². The number of amides is 2. The SMILES string of the molecule is CCNC(=O)c1ccc(NCC(=O)Nc2ccc(C)cc2)cc1. The normalized spacial score (nSPS) is 10.0. The quantitative estimate of drug-likeness (QED) is 0.768. The van der Waals surface area contributed by atoms with Crippen LogP contribution in [0.3, 0.4) is 0 Å². The van der Waals surface area contributed by atoms with E-state index < -0.39 is 0 Å². The van der Waals surface area contributed by atoms with Gasteiger partial charge in [-0.2, -0.15) is 0 Å². The fourth-order valence-corrected chi connectivity index (χ4v) is 2.03. The molecule has 5 heteroatoms. The van der Waals surface area contributed by atoms with Crippen LogP contribution in [-0.2, 0) is 4.79 Å². The van der Waals surface area contributed by atoms with Crippen molar-refractivity contribution in [1.82, 2.24) is 5.32 Å². The average molecular weight is 311 g/mol. The highest BCUT2D eigenvalue weighted by atomic mass is 16.2. The molecule has 2 aromatic carbocycles. The van der Waals surface area contributed by atoms with E-state index in [4.69, 9.17) is 0 Å². The van der Waals surface area contributed by atoms with Gasteiger partial charge < -0.3 is 16.0 Å². The second-order valence-electron chi connectivity index (χ2n) is 5.20. The van der Waals surface area contributed by atoms with Crippen molar-refractivity contribution < 1.29 is 9.59 Å². The van der Waals surface area contributed by atoms with Crippen LogP contribution >= 0.6 is 0 Å². The maximum absolute atomic E-state index is 11.9. The van der Waals surface area contributed by atoms with Gasteiger partial charge in [0.15, 0.2) is 0 Å². The van der Waals surface area contributed by atoms with Gasteiger partial charge in [-0.15, -0.1) is 0 Å². The molecule has 0 spiro atoms. The summed E-state index contributed by atoms with van der Waals surface area (Å²) in [7, 11) is 0. The van der Waals surface area contributed by atoms with Crippen molar-refractivity contribution >= 4 is 23.2 Å². The molecule has 0 saturated heterocycles. The minimum Gasteiger partial charge on any atom is -0.376 e. The average Bonchev–Trinajstić information content (AvgIpc) is 2.56. The standard InChI is InChI=1S/C18H21N3O2/c1-3-19-18(23)14-6-10-15(11-7-14)20-12-17(22)21-16-8-4-13(2)5-9-16/h4-11,20H,3,12H2,1-2H3,(H,19,23)(H,21,22). The lowest BCUT2D eigenvalue weighted by molar-refractivity contribution is -0.114. The Kier molecular flexibility index (Phi) is 5.74. The number of hydrogen-bond donors (Lipinski definition) is 3. The molecule has 0 aliphatic rings. The molecule has 0 heterocycles. The van der Waals surface area contributed by atoms with E-state index in [1.54, 1.807) is 24.3 Å². The van der Waals surface area contributed by atoms with Crippen LogP contribution in [-0.4, -0.2) is 24.9 Å². The van der Waals surface area contributed by atoms with E-state index >= 15 is 0 Å². The van der Waals surface area contributed by atoms with Gasteiger partial charge >= 0.3 is 0 Å². The van der Waals surface area contributed by atoms with Crippen molar-refractivity contribution in [1.29, 1.82) is 0 Å². The molecular weight excluding hydrogens is 290 g/mol. The Morgan fingerprint density at radius 2 is 1.52 bits per heavy atom. The minimum absolute atomic E-state index is 0.101. The van der Waals surface area contributed by atoms with Gasteiger partial charge in [0.05, 0.1) is 6.54 Å². The minimum atomic E-state index is -0.123. The molecule has 0 radical (unpaired) electrons. The van der Waals surface area contributed by atoms with Crippen LogP contribution in [0.15, 0.2) is 48.5 Å². The monoisotopic (exact) mass is 311 g/mol. The van der Waals surface area contributed by atoms with Crippen LogP contribution < -0.4 is 16.0 Å². The summed E-state index contributed by atoms with van der Waals surface area (Å²) in [5.41, 5.74) is 3.31. The zero-order valence-corrected chi connectivity index (χ0v) is 13.3. The highest BCUT2D eigenvalue weighted by Gasteiger charge is 2.05. The van der Waals surface area contributed by atoms with E-state index in [1.807, 2.05) is 38.1 Å². The molecule has 120 valence electrons. The third-order valence-corrected chi connectivity index (χ3v) is 3.27. The van der Waals surface area contributed by atoms with Gasteiger partial charge in [-0.3, -0.25) is 9.59 Å². The predicted molar refractivity (Wildman–Crippen MR) is 92.7 cm³/mol. The van der Waals surface area contributed by atoms with Gasteiger partial charge in [-0.25, -0.2) is 0 Å². The van der Waals surface area contributed by atoms with Crippen molar-refractivity contribution in [2.75, 3.05) is 23.7 Å². The number of hydrogen-bond acceptors (Lipinski definition) is 3. The van der Waals surface area contributed by atoms with Gasteiger partial charge in [-0.1, -0.05) is 17.7 Å². The summed E-state index contributed by atoms with van der Waals surface area (Å²) in [5, 5.41) is 8.59. The van der Waals surface area contributed by atoms with Gasteiger partial charge in [0, 0.05) is 23.5 Å². The first-order chi connectivity index (χ1) is 11.1. The molecule has 0 saturated carbocycles. The van der Waals surface area contributed by atoms with Crippen molar-refractivity contribution in [2.45, 2.75) is 13.8 Å². The largest absolute Gasteiger partial charge is 0.376 e. The Bertz CT molecular complexity index is 664. The number of carbonyl (C=O) groups is 2. The van der Waals surface area contributed by atoms with E-state index in [2.05, 4.69) is 16.0 Å². The van der Waals surface area contributed by atoms with Crippen LogP contribution in [0.25, 0.3) is 0 Å². The Labute approximate surface area is 136 Å². The summed E-state index contributed by atoms with van der Waals surface area (Å²) in [5.74, 6) is -0.224. The van der Waals surface area contributed by atoms with E-state index in [0.717, 1.165) is 16.9 Å². The maximum atomic E-state index is 11.9. The number of benzene rings is 2. The highest BCUT2D eigenvalue weighted by molar-refractivity contribution is 5.95. The Morgan fingerprint density at radius 3 is 2.13 bits per heavy atom. The molecule has 0 unspecified atom stereocenters. The third-order valence-electron chi connectivity index (χ3n) is 3.27. The highest BCUT2D eigenvalue weighted by Crippen LogP contribution is 2.10. The molecule has 5 nitrogen and oxygen atoms in total. The molecule has 0 bridgehead atoms. The number of nitrogens with one attached hydrogen (secondary N) is 3. The number of aryl methyl sites for hydroxylation is 1. The van der Waals surface area contributed by atoms with Crippen molar-refractivity contribution in [3.8, 4) is 0 Å². The van der Waals surface area contributed by atoms with Gasteiger partial charge in [-0.05, 0) is 50.2 Å². The predicted octanol–water partition coefficient (Wildman–Crippen LogP) is 2.80. The summed E-state index contributed by atoms with van der Waals surface area (Å²) < 4.78 is 0. The smallest absolute Gasteiger partial charge is 0.251 e. The summed E-state index contributed by atoms with van der Waals surface area (Å²) in [6.45, 7) is 4.63. The van der Waals surface area contributed by atoms with E-state index in [1.165, 1.54) is 0 Å². The van der Waals surface area contributed by atoms with Crippen LogP contribution in [0, 0.1) is 6.92 Å². The fraction of sp³-hybridized carbons (Fsp3) is 0.222. The molecule has 2 aromatic rings. The zero-order chi connectivity index (χ0) is 16.7. The molecule has 3 N–H and O–H groups in total. The lowest BCUT2D eigenvalue weighted by Crippen LogP contribution is -2.23. The molecule has 0 aliphatic carbocycles. The lowest BCUT2D eigenvalue weighted by atomic mass is 10.2. The molecule has 23 heavy (non-hydrogen) atoms. The first-order valence-corrected chi connectivity index (χ1v) is 7.57. The topological polar surface area (TPSA) is 70.2 Å². The third kappa shape index (κ3) is 5.14. The summed E-state index contributed by atoms with van der Waals surface area (Å²) in [6, 6.07) is 14.7. The molecule has 2 rings (SSSR count). The van der Waals surface area contributed by atoms with E-state index in [0.29, 0.717) is 12.1 Å². The van der Waals surface area contributed by atoms with Gasteiger partial charge in [0.2, 0.25) is 5.91 Å². The zero-order valence-electron chi connectivity index (χ0n) is 13.3. The fourth-order valence-electron chi connectivity index (χ4n) is 2.03. The number of carbonyl (C=O) groups excluding carboxylic acids is 2. The molecule has 0 fully saturated rings. The number of anilines is 2. The van der Waals surface area contributed by atoms with Crippen molar-refractivity contribution in [3.05, 3.63) is 59.7 Å². The second-order valence-corrected chi connectivity index (χ2v) is 5.20. The molecule has 0 aliphatic heterocycles. The molecule has 0 atom stereocenters. The van der Waals surface area contributed by atoms with Crippen LogP contribution in [0.4, 0.5) is 11.4 Å². The van der Waals surface area contributed by atoms with E-state index in [-0.39, 0.29) is 18.4 Å². The lowest BCUT2D eigenvalue weighted by Gasteiger charge is -2.09.